The van der Waals surface area contributed by atoms with Crippen LogP contribution < -0.4 is 0 Å². The first-order valence-electron chi connectivity index (χ1n) is 0.167. The topological polar surface area (TPSA) is 17.1 Å². The monoisotopic (exact) mass is 185 g/mol. The van der Waals surface area contributed by atoms with Gasteiger partial charge in [0.1, 0.15) is 0 Å². The van der Waals surface area contributed by atoms with Crippen molar-refractivity contribution in [3.05, 3.63) is 0 Å². The van der Waals surface area contributed by atoms with E-state index in [2.05, 4.69) is 12.5 Å². The molecule has 1 unspecified atom stereocenters. The van der Waals surface area contributed by atoms with Crippen molar-refractivity contribution in [3.8, 4) is 0 Å². The van der Waals surface area contributed by atoms with Crippen molar-refractivity contribution < 1.29 is 23.7 Å². The van der Waals surface area contributed by atoms with Crippen molar-refractivity contribution in [3.63, 3.8) is 0 Å². The Kier molecular flexibility index (Phi) is 163. The van der Waals surface area contributed by atoms with Crippen LogP contribution in [-0.4, -0.2) is 4.21 Å². The van der Waals surface area contributed by atoms with Crippen LogP contribution in [0.15, 0.2) is 0 Å². The van der Waals surface area contributed by atoms with Crippen LogP contribution in [0.25, 0.3) is 0 Å². The molecule has 0 aromatic carbocycles. The second kappa shape index (κ2) is 33.4. The molecule has 0 aromatic rings. The largest absolute Gasteiger partial charge is 0.197 e. The summed E-state index contributed by atoms with van der Waals surface area (Å²) >= 11 is 2.83. The predicted molar refractivity (Wildman–Crippen MR) is 19.2 cm³/mol. The summed E-state index contributed by atoms with van der Waals surface area (Å²) < 4.78 is 7.83. The first kappa shape index (κ1) is 19.6. The van der Waals surface area contributed by atoms with E-state index in [9.17, 15) is 0 Å². The summed E-state index contributed by atoms with van der Waals surface area (Å²) in [6, 6.07) is 0. The molecule has 0 spiro atoms. The van der Waals surface area contributed by atoms with Gasteiger partial charge in [-0.3, -0.25) is 0 Å². The number of hydrogen-bond donors (Lipinski definition) is 0. The molecule has 1 nitrogen and oxygen atoms in total. The minimum Gasteiger partial charge on any atom is -0.197 e. The normalized spacial score (nSPS) is 1.00. The van der Waals surface area contributed by atoms with Crippen LogP contribution in [0.1, 0.15) is 0 Å². The Morgan fingerprint density at radius 1 is 1.25 bits per heavy atom. The summed E-state index contributed by atoms with van der Waals surface area (Å²) in [6.07, 6.45) is 0. The maximum atomic E-state index is 7.83. The molecule has 0 N–H and O–H groups in total. The average molecular weight is 185 g/mol. The SMILES string of the molecule is O=S.P.[Rh]. The fourth-order valence-corrected chi connectivity index (χ4v) is 0. The van der Waals surface area contributed by atoms with E-state index in [1.54, 1.807) is 0 Å². The summed E-state index contributed by atoms with van der Waals surface area (Å²) in [4.78, 5) is 0. The molecular weight excluding hydrogens is 182 g/mol. The van der Waals surface area contributed by atoms with E-state index < -0.39 is 0 Å². The molecule has 29 valence electrons. The molecule has 4 heavy (non-hydrogen) atoms. The quantitative estimate of drug-likeness (QED) is 0.381. The maximum absolute atomic E-state index is 7.83. The van der Waals surface area contributed by atoms with Crippen molar-refractivity contribution in [1.29, 1.82) is 0 Å². The van der Waals surface area contributed by atoms with Crippen LogP contribution in [0.5, 0.6) is 0 Å². The molecule has 0 fully saturated rings. The van der Waals surface area contributed by atoms with Gasteiger partial charge < -0.3 is 0 Å². The molecule has 0 aliphatic heterocycles. The van der Waals surface area contributed by atoms with Crippen molar-refractivity contribution in [2.45, 2.75) is 0 Å². The summed E-state index contributed by atoms with van der Waals surface area (Å²) in [5.74, 6) is 0. The van der Waals surface area contributed by atoms with Crippen LogP contribution in [0.2, 0.25) is 0 Å². The van der Waals surface area contributed by atoms with Crippen molar-refractivity contribution >= 4 is 22.4 Å². The van der Waals surface area contributed by atoms with E-state index in [0.29, 0.717) is 0 Å². The summed E-state index contributed by atoms with van der Waals surface area (Å²) in [7, 11) is 0. The first-order chi connectivity index (χ1) is 1.00. The van der Waals surface area contributed by atoms with Gasteiger partial charge in [-0.25, -0.2) is 0 Å². The second-order valence-electron chi connectivity index (χ2n) is 0. The molecule has 0 heterocycles. The van der Waals surface area contributed by atoms with Gasteiger partial charge >= 0.3 is 0 Å². The van der Waals surface area contributed by atoms with Gasteiger partial charge in [-0.2, -0.15) is 14.1 Å². The molecule has 0 saturated heterocycles. The Hall–Kier alpha value is 1.07. The smallest absolute Gasteiger partial charge is 0.197 e. The minimum atomic E-state index is 0. The third-order valence-electron chi connectivity index (χ3n) is 0. The third kappa shape index (κ3) is 11.5. The minimum absolute atomic E-state index is 0. The zero-order valence-electron chi connectivity index (χ0n) is 1.86. The van der Waals surface area contributed by atoms with Crippen LogP contribution in [0.4, 0.5) is 0 Å². The van der Waals surface area contributed by atoms with E-state index in [0.717, 1.165) is 0 Å². The molecule has 0 aliphatic rings. The Morgan fingerprint density at radius 2 is 1.25 bits per heavy atom. The number of rotatable bonds is 0. The third-order valence-corrected chi connectivity index (χ3v) is 0. The molecule has 0 saturated carbocycles. The predicted octanol–water partition coefficient (Wildman–Crippen LogP) is -0.281. The van der Waals surface area contributed by atoms with Crippen LogP contribution in [0, 0.1) is 0 Å². The number of hydrogen-bond acceptors (Lipinski definition) is 2. The zero-order chi connectivity index (χ0) is 2.00. The molecule has 0 rings (SSSR count). The van der Waals surface area contributed by atoms with Crippen LogP contribution in [-0.2, 0) is 32.0 Å². The average Bonchev–Trinajstić information content (AvgIpc) is 1.00. The zero-order valence-corrected chi connectivity index (χ0v) is 5.73. The fraction of sp³-hybridized carbons (Fsp3) is 0. The summed E-state index contributed by atoms with van der Waals surface area (Å²) in [5, 5.41) is 0. The van der Waals surface area contributed by atoms with Gasteiger partial charge in [0, 0.05) is 19.5 Å². The van der Waals surface area contributed by atoms with Gasteiger partial charge in [-0.05, 0) is 0 Å². The summed E-state index contributed by atoms with van der Waals surface area (Å²) in [6.45, 7) is 0. The van der Waals surface area contributed by atoms with Gasteiger partial charge in [-0.15, -0.1) is 0 Å². The van der Waals surface area contributed by atoms with Gasteiger partial charge in [0.05, 0.1) is 0 Å². The Bertz CT molecular complexity index is 8.00. The Morgan fingerprint density at radius 3 is 1.25 bits per heavy atom. The first-order valence-corrected chi connectivity index (χ1v) is 0.500. The fourth-order valence-electron chi connectivity index (χ4n) is 0. The van der Waals surface area contributed by atoms with Gasteiger partial charge in [0.15, 0.2) is 12.5 Å². The Labute approximate surface area is 46.4 Å². The van der Waals surface area contributed by atoms with Gasteiger partial charge in [0.2, 0.25) is 0 Å². The second-order valence-corrected chi connectivity index (χ2v) is 0. The van der Waals surface area contributed by atoms with Crippen molar-refractivity contribution in [2.24, 2.45) is 0 Å². The molecule has 0 aliphatic carbocycles. The maximum Gasteiger partial charge on any atom is 0.197 e. The van der Waals surface area contributed by atoms with E-state index in [4.69, 9.17) is 4.21 Å². The summed E-state index contributed by atoms with van der Waals surface area (Å²) in [5.41, 5.74) is 0. The molecule has 1 atom stereocenters. The van der Waals surface area contributed by atoms with Crippen molar-refractivity contribution in [1.82, 2.24) is 0 Å². The van der Waals surface area contributed by atoms with Gasteiger partial charge in [0.25, 0.3) is 0 Å². The van der Waals surface area contributed by atoms with Gasteiger partial charge in [-0.1, -0.05) is 0 Å². The molecular formula is H3OPRhS. The van der Waals surface area contributed by atoms with E-state index in [1.165, 1.54) is 0 Å². The molecule has 0 aromatic heterocycles. The Balaban J connectivity index is -0.00000000500. The standard InChI is InChI=1S/OS.H3P.Rh/c1-2;;/h;1H3;. The van der Waals surface area contributed by atoms with E-state index >= 15 is 0 Å². The van der Waals surface area contributed by atoms with E-state index in [1.807, 2.05) is 0 Å². The van der Waals surface area contributed by atoms with E-state index in [-0.39, 0.29) is 29.4 Å². The van der Waals surface area contributed by atoms with Crippen LogP contribution in [0.3, 0.4) is 0 Å². The molecule has 4 heteroatoms. The molecule has 0 bridgehead atoms. The van der Waals surface area contributed by atoms with Crippen LogP contribution >= 0.6 is 9.90 Å². The molecule has 1 radical (unpaired) electrons. The van der Waals surface area contributed by atoms with Crippen molar-refractivity contribution in [2.75, 3.05) is 0 Å². The molecule has 0 amide bonds.